The SMILES string of the molecule is Cc1ccc(NC(=O)CN(C)CC(=O)N2c3ccccc3NC(=O)C23CCCC3)nc1. The predicted octanol–water partition coefficient (Wildman–Crippen LogP) is 2.56. The Bertz CT molecular complexity index is 999. The number of nitrogens with one attached hydrogen (secondary N) is 2. The quantitative estimate of drug-likeness (QED) is 0.774. The molecule has 2 heterocycles. The van der Waals surface area contributed by atoms with E-state index in [1.54, 1.807) is 35.2 Å². The van der Waals surface area contributed by atoms with Crippen molar-refractivity contribution >= 4 is 34.9 Å². The highest BCUT2D eigenvalue weighted by atomic mass is 16.2. The predicted molar refractivity (Wildman–Crippen MR) is 119 cm³/mol. The lowest BCUT2D eigenvalue weighted by atomic mass is 9.89. The Morgan fingerprint density at radius 1 is 1.16 bits per heavy atom. The fourth-order valence-corrected chi connectivity index (χ4v) is 4.46. The zero-order valence-electron chi connectivity index (χ0n) is 17.9. The fourth-order valence-electron chi connectivity index (χ4n) is 4.46. The van der Waals surface area contributed by atoms with Crippen molar-refractivity contribution in [1.29, 1.82) is 0 Å². The van der Waals surface area contributed by atoms with Crippen LogP contribution in [0, 0.1) is 6.92 Å². The molecule has 1 aliphatic heterocycles. The first-order valence-electron chi connectivity index (χ1n) is 10.5. The van der Waals surface area contributed by atoms with E-state index < -0.39 is 5.54 Å². The third kappa shape index (κ3) is 4.16. The number of para-hydroxylation sites is 2. The highest BCUT2D eigenvalue weighted by Crippen LogP contribution is 2.45. The smallest absolute Gasteiger partial charge is 0.250 e. The van der Waals surface area contributed by atoms with Gasteiger partial charge in [-0.25, -0.2) is 4.98 Å². The topological polar surface area (TPSA) is 94.6 Å². The number of nitrogens with zero attached hydrogens (tertiary/aromatic N) is 3. The van der Waals surface area contributed by atoms with E-state index in [2.05, 4.69) is 15.6 Å². The van der Waals surface area contributed by atoms with E-state index in [1.807, 2.05) is 31.2 Å². The molecule has 0 unspecified atom stereocenters. The van der Waals surface area contributed by atoms with Crippen LogP contribution in [-0.4, -0.2) is 53.3 Å². The Hall–Kier alpha value is -3.26. The number of anilines is 3. The summed E-state index contributed by atoms with van der Waals surface area (Å²) in [5, 5.41) is 5.72. The molecular weight excluding hydrogens is 394 g/mol. The van der Waals surface area contributed by atoms with Gasteiger partial charge in [-0.05, 0) is 50.6 Å². The van der Waals surface area contributed by atoms with Gasteiger partial charge in [0.05, 0.1) is 24.5 Å². The molecule has 2 aromatic rings. The number of rotatable bonds is 5. The molecule has 2 N–H and O–H groups in total. The zero-order valence-corrected chi connectivity index (χ0v) is 17.9. The van der Waals surface area contributed by atoms with Gasteiger partial charge in [0.2, 0.25) is 11.8 Å². The van der Waals surface area contributed by atoms with Crippen LogP contribution in [0.5, 0.6) is 0 Å². The van der Waals surface area contributed by atoms with Crippen LogP contribution in [0.25, 0.3) is 0 Å². The summed E-state index contributed by atoms with van der Waals surface area (Å²) in [7, 11) is 1.72. The highest BCUT2D eigenvalue weighted by molar-refractivity contribution is 6.15. The van der Waals surface area contributed by atoms with Crippen LogP contribution in [0.15, 0.2) is 42.6 Å². The Balaban J connectivity index is 1.47. The summed E-state index contributed by atoms with van der Waals surface area (Å²) >= 11 is 0. The number of likely N-dealkylation sites (N-methyl/N-ethyl adjacent to an activating group) is 1. The molecule has 1 aromatic heterocycles. The molecule has 0 bridgehead atoms. The lowest BCUT2D eigenvalue weighted by molar-refractivity contribution is -0.128. The van der Waals surface area contributed by atoms with Crippen LogP contribution < -0.4 is 15.5 Å². The molecule has 162 valence electrons. The number of aromatic nitrogens is 1. The van der Waals surface area contributed by atoms with Crippen LogP contribution >= 0.6 is 0 Å². The first kappa shape index (κ1) is 21.0. The van der Waals surface area contributed by atoms with E-state index in [0.717, 1.165) is 24.1 Å². The van der Waals surface area contributed by atoms with Crippen molar-refractivity contribution in [3.63, 3.8) is 0 Å². The second-order valence-corrected chi connectivity index (χ2v) is 8.38. The number of fused-ring (bicyclic) bond motifs is 1. The van der Waals surface area contributed by atoms with Crippen molar-refractivity contribution < 1.29 is 14.4 Å². The monoisotopic (exact) mass is 421 g/mol. The van der Waals surface area contributed by atoms with Gasteiger partial charge in [0.1, 0.15) is 11.4 Å². The molecule has 1 fully saturated rings. The maximum absolute atomic E-state index is 13.4. The van der Waals surface area contributed by atoms with Gasteiger partial charge < -0.3 is 10.6 Å². The number of hydrogen-bond donors (Lipinski definition) is 2. The molecule has 1 aliphatic carbocycles. The zero-order chi connectivity index (χ0) is 22.0. The standard InChI is InChI=1S/C23H27N5O3/c1-16-9-10-19(24-13-16)26-20(29)14-27(2)15-21(30)28-18-8-4-3-7-17(18)25-22(31)23(28)11-5-6-12-23/h3-4,7-10,13H,5-6,11-12,14-15H2,1-2H3,(H,25,31)(H,24,26,29). The minimum Gasteiger partial charge on any atom is -0.322 e. The first-order chi connectivity index (χ1) is 14.9. The van der Waals surface area contributed by atoms with E-state index in [9.17, 15) is 14.4 Å². The molecule has 2 aliphatic rings. The fraction of sp³-hybridized carbons (Fsp3) is 0.391. The van der Waals surface area contributed by atoms with Crippen LogP contribution in [0.3, 0.4) is 0 Å². The molecule has 0 radical (unpaired) electrons. The summed E-state index contributed by atoms with van der Waals surface area (Å²) in [6.45, 7) is 1.99. The summed E-state index contributed by atoms with van der Waals surface area (Å²) in [6, 6.07) is 11.0. The van der Waals surface area contributed by atoms with Gasteiger partial charge in [0, 0.05) is 6.20 Å². The maximum Gasteiger partial charge on any atom is 0.250 e. The van der Waals surface area contributed by atoms with E-state index in [1.165, 1.54) is 0 Å². The number of benzene rings is 1. The van der Waals surface area contributed by atoms with Crippen LogP contribution in [0.2, 0.25) is 0 Å². The lowest BCUT2D eigenvalue weighted by Gasteiger charge is -2.44. The Kier molecular flexibility index (Phi) is 5.73. The van der Waals surface area contributed by atoms with Crippen molar-refractivity contribution in [2.75, 3.05) is 35.7 Å². The van der Waals surface area contributed by atoms with Gasteiger partial charge in [-0.3, -0.25) is 24.2 Å². The lowest BCUT2D eigenvalue weighted by Crippen LogP contribution is -2.62. The van der Waals surface area contributed by atoms with Gasteiger partial charge >= 0.3 is 0 Å². The van der Waals surface area contributed by atoms with Crippen LogP contribution in [0.4, 0.5) is 17.2 Å². The van der Waals surface area contributed by atoms with Crippen LogP contribution in [-0.2, 0) is 14.4 Å². The molecule has 0 saturated heterocycles. The number of hydrogen-bond acceptors (Lipinski definition) is 5. The van der Waals surface area contributed by atoms with Gasteiger partial charge in [-0.2, -0.15) is 0 Å². The number of amides is 3. The molecule has 1 saturated carbocycles. The van der Waals surface area contributed by atoms with E-state index in [-0.39, 0.29) is 30.8 Å². The average molecular weight is 422 g/mol. The van der Waals surface area contributed by atoms with E-state index in [0.29, 0.717) is 24.3 Å². The number of carbonyl (C=O) groups excluding carboxylic acids is 3. The van der Waals surface area contributed by atoms with Gasteiger partial charge in [0.15, 0.2) is 0 Å². The van der Waals surface area contributed by atoms with Crippen molar-refractivity contribution in [1.82, 2.24) is 9.88 Å². The Labute approximate surface area is 181 Å². The van der Waals surface area contributed by atoms with Gasteiger partial charge in [0.25, 0.3) is 5.91 Å². The molecule has 31 heavy (non-hydrogen) atoms. The van der Waals surface area contributed by atoms with E-state index >= 15 is 0 Å². The minimum atomic E-state index is -0.847. The number of carbonyl (C=O) groups is 3. The summed E-state index contributed by atoms with van der Waals surface area (Å²) in [5.74, 6) is -0.0864. The van der Waals surface area contributed by atoms with Gasteiger partial charge in [-0.15, -0.1) is 0 Å². The van der Waals surface area contributed by atoms with Crippen molar-refractivity contribution in [2.45, 2.75) is 38.1 Å². The van der Waals surface area contributed by atoms with Crippen molar-refractivity contribution in [2.24, 2.45) is 0 Å². The number of pyridine rings is 1. The molecule has 3 amide bonds. The largest absolute Gasteiger partial charge is 0.322 e. The molecule has 1 spiro atoms. The summed E-state index contributed by atoms with van der Waals surface area (Å²) in [5.41, 5.74) is 1.52. The third-order valence-electron chi connectivity index (χ3n) is 5.92. The molecule has 8 heteroatoms. The average Bonchev–Trinajstić information content (AvgIpc) is 3.20. The van der Waals surface area contributed by atoms with Crippen molar-refractivity contribution in [3.8, 4) is 0 Å². The Morgan fingerprint density at radius 3 is 2.61 bits per heavy atom. The van der Waals surface area contributed by atoms with Crippen molar-refractivity contribution in [3.05, 3.63) is 48.2 Å². The molecular formula is C23H27N5O3. The third-order valence-corrected chi connectivity index (χ3v) is 5.92. The molecule has 1 aromatic carbocycles. The van der Waals surface area contributed by atoms with Crippen LogP contribution in [0.1, 0.15) is 31.2 Å². The molecule has 0 atom stereocenters. The second kappa shape index (κ2) is 8.47. The summed E-state index contributed by atoms with van der Waals surface area (Å²) in [6.07, 6.45) is 4.77. The summed E-state index contributed by atoms with van der Waals surface area (Å²) in [4.78, 5) is 46.3. The second-order valence-electron chi connectivity index (χ2n) is 8.38. The van der Waals surface area contributed by atoms with Gasteiger partial charge in [-0.1, -0.05) is 31.0 Å². The number of aryl methyl sites for hydroxylation is 1. The highest BCUT2D eigenvalue weighted by Gasteiger charge is 2.52. The molecule has 8 nitrogen and oxygen atoms in total. The van der Waals surface area contributed by atoms with E-state index in [4.69, 9.17) is 0 Å². The summed E-state index contributed by atoms with van der Waals surface area (Å²) < 4.78 is 0. The first-order valence-corrected chi connectivity index (χ1v) is 10.5. The molecule has 4 rings (SSSR count). The Morgan fingerprint density at radius 2 is 1.90 bits per heavy atom. The minimum absolute atomic E-state index is 0.0259. The normalized spacial score (nSPS) is 16.9. The maximum atomic E-state index is 13.4.